The summed E-state index contributed by atoms with van der Waals surface area (Å²) in [6.07, 6.45) is 7.01. The van der Waals surface area contributed by atoms with Crippen LogP contribution in [0.4, 0.5) is 10.2 Å². The van der Waals surface area contributed by atoms with Gasteiger partial charge in [-0.25, -0.2) is 13.9 Å². The van der Waals surface area contributed by atoms with Gasteiger partial charge in [0.25, 0.3) is 0 Å². The summed E-state index contributed by atoms with van der Waals surface area (Å²) in [5.74, 6) is 1.05. The molecule has 1 aromatic carbocycles. The molecule has 0 amide bonds. The first-order valence-electron chi connectivity index (χ1n) is 15.1. The van der Waals surface area contributed by atoms with Crippen LogP contribution in [0.25, 0.3) is 16.6 Å². The Bertz CT molecular complexity index is 1730. The number of likely N-dealkylation sites (tertiary alicyclic amines) is 1. The van der Waals surface area contributed by atoms with Gasteiger partial charge >= 0.3 is 0 Å². The molecule has 3 aromatic heterocycles. The summed E-state index contributed by atoms with van der Waals surface area (Å²) in [4.78, 5) is 22.8. The van der Waals surface area contributed by atoms with Crippen molar-refractivity contribution in [2.24, 2.45) is 5.41 Å². The van der Waals surface area contributed by atoms with E-state index in [-0.39, 0.29) is 11.2 Å². The zero-order chi connectivity index (χ0) is 31.1. The van der Waals surface area contributed by atoms with Gasteiger partial charge in [0.2, 0.25) is 0 Å². The van der Waals surface area contributed by atoms with Crippen molar-refractivity contribution in [2.75, 3.05) is 44.2 Å². The number of hydrogen-bond acceptors (Lipinski definition) is 8. The molecule has 2 aliphatic heterocycles. The molecule has 5 heterocycles. The van der Waals surface area contributed by atoms with Gasteiger partial charge in [-0.05, 0) is 74.9 Å². The van der Waals surface area contributed by atoms with Crippen LogP contribution in [0.2, 0.25) is 0 Å². The third-order valence-electron chi connectivity index (χ3n) is 8.95. The number of ketones is 1. The van der Waals surface area contributed by atoms with E-state index in [9.17, 15) is 19.6 Å². The van der Waals surface area contributed by atoms with E-state index in [2.05, 4.69) is 21.0 Å². The van der Waals surface area contributed by atoms with E-state index in [0.29, 0.717) is 55.1 Å². The topological polar surface area (TPSA) is 107 Å². The number of piperidine rings is 1. The molecule has 2 fully saturated rings. The third-order valence-corrected chi connectivity index (χ3v) is 8.95. The molecule has 0 unspecified atom stereocenters. The second-order valence-corrected chi connectivity index (χ2v) is 12.6. The van der Waals surface area contributed by atoms with Crippen molar-refractivity contribution >= 4 is 17.1 Å². The zero-order valence-electron chi connectivity index (χ0n) is 25.4. The Morgan fingerprint density at radius 2 is 1.93 bits per heavy atom. The summed E-state index contributed by atoms with van der Waals surface area (Å²) in [5.41, 5.74) is 3.09. The molecule has 10 heteroatoms. The third kappa shape index (κ3) is 5.90. The van der Waals surface area contributed by atoms with Crippen LogP contribution in [0.15, 0.2) is 55.0 Å². The lowest BCUT2D eigenvalue weighted by Crippen LogP contribution is -2.62. The van der Waals surface area contributed by atoms with Crippen LogP contribution < -0.4 is 9.64 Å². The number of pyridine rings is 2. The fourth-order valence-corrected chi connectivity index (χ4v) is 6.81. The highest BCUT2D eigenvalue weighted by molar-refractivity contribution is 5.98. The van der Waals surface area contributed by atoms with Gasteiger partial charge in [0.1, 0.15) is 23.5 Å². The number of aliphatic hydroxyl groups is 1. The summed E-state index contributed by atoms with van der Waals surface area (Å²) in [6, 6.07) is 12.5. The van der Waals surface area contributed by atoms with E-state index >= 15 is 0 Å². The monoisotopic (exact) mass is 596 g/mol. The Labute approximate surface area is 256 Å². The van der Waals surface area contributed by atoms with Crippen molar-refractivity contribution in [3.05, 3.63) is 77.5 Å². The number of fused-ring (bicyclic) bond motifs is 1. The number of halogens is 1. The summed E-state index contributed by atoms with van der Waals surface area (Å²) in [7, 11) is 0. The molecule has 0 spiro atoms. The number of nitrogens with zero attached hydrogens (tertiary/aromatic N) is 6. The summed E-state index contributed by atoms with van der Waals surface area (Å²) < 4.78 is 21.5. The molecule has 9 nitrogen and oxygen atoms in total. The zero-order valence-corrected chi connectivity index (χ0v) is 25.4. The summed E-state index contributed by atoms with van der Waals surface area (Å²) in [6.45, 7) is 9.42. The van der Waals surface area contributed by atoms with E-state index < -0.39 is 11.4 Å². The second-order valence-electron chi connectivity index (χ2n) is 12.6. The Morgan fingerprint density at radius 3 is 2.59 bits per heavy atom. The molecule has 4 aromatic rings. The van der Waals surface area contributed by atoms with Crippen molar-refractivity contribution in [3.8, 4) is 22.9 Å². The molecule has 6 rings (SSSR count). The first-order chi connectivity index (χ1) is 21.1. The number of nitriles is 1. The Balaban J connectivity index is 1.21. The predicted molar refractivity (Wildman–Crippen MR) is 165 cm³/mol. The number of hydrogen-bond donors (Lipinski definition) is 1. The van der Waals surface area contributed by atoms with Gasteiger partial charge in [-0.2, -0.15) is 10.4 Å². The SMILES string of the molecule is CCOc1cc(-c2ccc(N3CCC(CC(=O)c4cc(F)ccc4C)(CN4CC(C)(O)C4)CC3)nc2)c2c(C#N)cnn2c1. The first-order valence-corrected chi connectivity index (χ1v) is 15.1. The van der Waals surface area contributed by atoms with E-state index in [0.717, 1.165) is 48.4 Å². The quantitative estimate of drug-likeness (QED) is 0.268. The van der Waals surface area contributed by atoms with Crippen LogP contribution in [0.5, 0.6) is 5.75 Å². The second kappa shape index (κ2) is 11.6. The number of anilines is 1. The van der Waals surface area contributed by atoms with Crippen LogP contribution in [0.3, 0.4) is 0 Å². The van der Waals surface area contributed by atoms with Crippen LogP contribution in [-0.4, -0.2) is 75.3 Å². The van der Waals surface area contributed by atoms with E-state index in [1.807, 2.05) is 45.2 Å². The average Bonchev–Trinajstić information content (AvgIpc) is 3.41. The maximum Gasteiger partial charge on any atom is 0.163 e. The highest BCUT2D eigenvalue weighted by atomic mass is 19.1. The highest BCUT2D eigenvalue weighted by Crippen LogP contribution is 2.41. The van der Waals surface area contributed by atoms with Crippen molar-refractivity contribution < 1.29 is 19.0 Å². The van der Waals surface area contributed by atoms with Crippen molar-refractivity contribution in [1.29, 1.82) is 5.26 Å². The fourth-order valence-electron chi connectivity index (χ4n) is 6.81. The number of aromatic nitrogens is 3. The average molecular weight is 597 g/mol. The molecule has 44 heavy (non-hydrogen) atoms. The number of ether oxygens (including phenoxy) is 1. The summed E-state index contributed by atoms with van der Waals surface area (Å²) >= 11 is 0. The van der Waals surface area contributed by atoms with Gasteiger partial charge in [0.05, 0.1) is 35.7 Å². The van der Waals surface area contributed by atoms with Crippen LogP contribution in [0, 0.1) is 29.5 Å². The smallest absolute Gasteiger partial charge is 0.163 e. The molecule has 228 valence electrons. The molecule has 0 saturated carbocycles. The van der Waals surface area contributed by atoms with E-state index in [4.69, 9.17) is 9.72 Å². The van der Waals surface area contributed by atoms with E-state index in [1.165, 1.54) is 12.1 Å². The Kier molecular flexibility index (Phi) is 7.86. The summed E-state index contributed by atoms with van der Waals surface area (Å²) in [5, 5.41) is 24.3. The minimum atomic E-state index is -0.699. The van der Waals surface area contributed by atoms with Crippen LogP contribution in [-0.2, 0) is 0 Å². The molecular formula is C34H37FN6O3. The number of carbonyl (C=O) groups is 1. The van der Waals surface area contributed by atoms with Gasteiger partial charge in [0.15, 0.2) is 5.78 Å². The number of carbonyl (C=O) groups excluding carboxylic acids is 1. The molecular weight excluding hydrogens is 559 g/mol. The first kappa shape index (κ1) is 29.7. The molecule has 0 atom stereocenters. The Morgan fingerprint density at radius 1 is 1.16 bits per heavy atom. The number of rotatable bonds is 9. The molecule has 0 bridgehead atoms. The number of benzene rings is 1. The normalized spacial score (nSPS) is 17.7. The van der Waals surface area contributed by atoms with Crippen molar-refractivity contribution in [3.63, 3.8) is 0 Å². The number of Topliss-reactive ketones (excluding diaryl/α,β-unsaturated/α-hetero) is 1. The largest absolute Gasteiger partial charge is 0.492 e. The molecule has 1 N–H and O–H groups in total. The minimum absolute atomic E-state index is 0.0394. The van der Waals surface area contributed by atoms with Crippen LogP contribution in [0.1, 0.15) is 54.6 Å². The lowest BCUT2D eigenvalue weighted by atomic mass is 9.72. The van der Waals surface area contributed by atoms with Gasteiger partial charge in [0, 0.05) is 62.0 Å². The molecule has 0 aliphatic carbocycles. The van der Waals surface area contributed by atoms with Gasteiger partial charge in [-0.15, -0.1) is 0 Å². The fraction of sp³-hybridized carbons (Fsp3) is 0.412. The van der Waals surface area contributed by atoms with E-state index in [1.54, 1.807) is 23.0 Å². The maximum atomic E-state index is 14.0. The number of β-amino-alcohol motifs (C(OH)–C–C–N with tert-alkyl or cyclic N) is 1. The molecule has 0 radical (unpaired) electrons. The van der Waals surface area contributed by atoms with Gasteiger partial charge in [-0.1, -0.05) is 6.07 Å². The highest BCUT2D eigenvalue weighted by Gasteiger charge is 2.44. The van der Waals surface area contributed by atoms with Crippen LogP contribution >= 0.6 is 0 Å². The maximum absolute atomic E-state index is 14.0. The van der Waals surface area contributed by atoms with Gasteiger partial charge in [-0.3, -0.25) is 9.69 Å². The predicted octanol–water partition coefficient (Wildman–Crippen LogP) is 5.04. The standard InChI is InChI=1S/C34H37FN6O3/c1-4-44-27-14-29(32-25(16-36)18-38-41(32)19-27)24-6-8-31(37-17-24)40-11-9-34(10-12-40,22-39-20-33(3,43)21-39)15-30(42)28-13-26(35)7-5-23(28)2/h5-8,13-14,17-19,43H,4,9-12,15,20-22H2,1-3H3. The lowest BCUT2D eigenvalue weighted by molar-refractivity contribution is -0.0995. The Hall–Kier alpha value is -4.33. The van der Waals surface area contributed by atoms with Crippen molar-refractivity contribution in [2.45, 2.75) is 45.6 Å². The van der Waals surface area contributed by atoms with Crippen molar-refractivity contribution in [1.82, 2.24) is 19.5 Å². The molecule has 2 saturated heterocycles. The lowest BCUT2D eigenvalue weighted by Gasteiger charge is -2.51. The number of aryl methyl sites for hydroxylation is 1. The molecule has 2 aliphatic rings. The van der Waals surface area contributed by atoms with Gasteiger partial charge < -0.3 is 14.7 Å². The minimum Gasteiger partial charge on any atom is -0.492 e.